The first-order valence-corrected chi connectivity index (χ1v) is 9.96. The molecule has 8 heteroatoms. The third-order valence-electron chi connectivity index (χ3n) is 5.60. The topological polar surface area (TPSA) is 78.5 Å². The maximum atomic E-state index is 13.2. The molecule has 3 heterocycles. The van der Waals surface area contributed by atoms with Crippen LogP contribution in [0.25, 0.3) is 0 Å². The number of nitrogens with zero attached hydrogens (tertiary/aromatic N) is 3. The normalized spacial score (nSPS) is 19.7. The van der Waals surface area contributed by atoms with Crippen LogP contribution in [0.15, 0.2) is 29.1 Å². The predicted octanol–water partition coefficient (Wildman–Crippen LogP) is 1.68. The first-order chi connectivity index (χ1) is 14.0. The van der Waals surface area contributed by atoms with E-state index in [-0.39, 0.29) is 24.0 Å². The van der Waals surface area contributed by atoms with Crippen molar-refractivity contribution in [1.82, 2.24) is 19.8 Å². The number of amides is 1. The number of carbonyl (C=O) groups is 1. The van der Waals surface area contributed by atoms with E-state index >= 15 is 0 Å². The Morgan fingerprint density at radius 3 is 3.07 bits per heavy atom. The lowest BCUT2D eigenvalue weighted by Crippen LogP contribution is -2.42. The van der Waals surface area contributed by atoms with E-state index in [9.17, 15) is 14.0 Å². The first kappa shape index (κ1) is 19.6. The number of piperidine rings is 1. The average Bonchev–Trinajstić information content (AvgIpc) is 2.72. The zero-order chi connectivity index (χ0) is 20.4. The third kappa shape index (κ3) is 4.48. The van der Waals surface area contributed by atoms with E-state index in [2.05, 4.69) is 9.88 Å². The molecule has 1 aromatic heterocycles. The number of H-pyrrole nitrogens is 1. The van der Waals surface area contributed by atoms with Gasteiger partial charge in [0, 0.05) is 44.6 Å². The van der Waals surface area contributed by atoms with E-state index in [1.807, 2.05) is 7.05 Å². The van der Waals surface area contributed by atoms with Crippen molar-refractivity contribution in [2.45, 2.75) is 31.7 Å². The summed E-state index contributed by atoms with van der Waals surface area (Å²) in [6, 6.07) is 5.75. The SMILES string of the molecule is CN1CCc2nc(C3CCCN(C(=O)COc4cccc(F)c4)C3)[nH]c(=O)c2C1. The van der Waals surface area contributed by atoms with Gasteiger partial charge in [0.2, 0.25) is 0 Å². The number of aromatic amines is 1. The molecule has 1 atom stereocenters. The minimum atomic E-state index is -0.401. The number of likely N-dealkylation sites (tertiary alicyclic amines) is 1. The monoisotopic (exact) mass is 400 g/mol. The Bertz CT molecular complexity index is 961. The Hall–Kier alpha value is -2.74. The van der Waals surface area contributed by atoms with Crippen molar-refractivity contribution in [3.05, 3.63) is 57.5 Å². The van der Waals surface area contributed by atoms with Crippen molar-refractivity contribution >= 4 is 5.91 Å². The van der Waals surface area contributed by atoms with Gasteiger partial charge < -0.3 is 19.5 Å². The maximum Gasteiger partial charge on any atom is 0.260 e. The number of ether oxygens (including phenoxy) is 1. The number of halogens is 1. The van der Waals surface area contributed by atoms with Gasteiger partial charge in [-0.1, -0.05) is 6.07 Å². The molecule has 0 spiro atoms. The molecular formula is C21H25FN4O3. The highest BCUT2D eigenvalue weighted by Gasteiger charge is 2.28. The van der Waals surface area contributed by atoms with Crippen LogP contribution in [0.4, 0.5) is 4.39 Å². The highest BCUT2D eigenvalue weighted by Crippen LogP contribution is 2.25. The number of hydrogen-bond acceptors (Lipinski definition) is 5. The summed E-state index contributed by atoms with van der Waals surface area (Å²) in [6.45, 7) is 2.49. The molecule has 4 rings (SSSR count). The van der Waals surface area contributed by atoms with E-state index in [0.29, 0.717) is 31.2 Å². The van der Waals surface area contributed by atoms with E-state index in [4.69, 9.17) is 9.72 Å². The highest BCUT2D eigenvalue weighted by atomic mass is 19.1. The Morgan fingerprint density at radius 2 is 2.24 bits per heavy atom. The lowest BCUT2D eigenvalue weighted by atomic mass is 9.96. The summed E-state index contributed by atoms with van der Waals surface area (Å²) in [6.07, 6.45) is 2.47. The van der Waals surface area contributed by atoms with Gasteiger partial charge in [0.15, 0.2) is 6.61 Å². The molecule has 154 valence electrons. The van der Waals surface area contributed by atoms with Crippen molar-refractivity contribution < 1.29 is 13.9 Å². The molecule has 1 amide bonds. The number of carbonyl (C=O) groups excluding carboxylic acids is 1. The fourth-order valence-corrected chi connectivity index (χ4v) is 3.99. The number of rotatable bonds is 4. The largest absolute Gasteiger partial charge is 0.484 e. The highest BCUT2D eigenvalue weighted by molar-refractivity contribution is 5.78. The van der Waals surface area contributed by atoms with Gasteiger partial charge in [0.25, 0.3) is 11.5 Å². The standard InChI is InChI=1S/C21H25FN4O3/c1-25-9-7-18-17(12-25)21(28)24-20(23-18)14-4-3-8-26(11-14)19(27)13-29-16-6-2-5-15(22)10-16/h2,5-6,10,14H,3-4,7-9,11-13H2,1H3,(H,23,24,28). The zero-order valence-electron chi connectivity index (χ0n) is 16.5. The molecule has 2 aliphatic heterocycles. The molecule has 1 fully saturated rings. The molecule has 0 bridgehead atoms. The average molecular weight is 400 g/mol. The van der Waals surface area contributed by atoms with E-state index in [0.717, 1.165) is 37.1 Å². The molecule has 1 aromatic carbocycles. The second-order valence-electron chi connectivity index (χ2n) is 7.79. The Balaban J connectivity index is 1.42. The fraction of sp³-hybridized carbons (Fsp3) is 0.476. The van der Waals surface area contributed by atoms with Gasteiger partial charge in [-0.15, -0.1) is 0 Å². The third-order valence-corrected chi connectivity index (χ3v) is 5.60. The molecular weight excluding hydrogens is 375 g/mol. The van der Waals surface area contributed by atoms with Crippen LogP contribution in [0.3, 0.4) is 0 Å². The number of likely N-dealkylation sites (N-methyl/N-ethyl adjacent to an activating group) is 1. The molecule has 29 heavy (non-hydrogen) atoms. The van der Waals surface area contributed by atoms with Gasteiger partial charge in [-0.2, -0.15) is 0 Å². The minimum Gasteiger partial charge on any atom is -0.484 e. The number of fused-ring (bicyclic) bond motifs is 1. The number of aromatic nitrogens is 2. The minimum absolute atomic E-state index is 0.000439. The van der Waals surface area contributed by atoms with Gasteiger partial charge in [-0.3, -0.25) is 9.59 Å². The Kier molecular flexibility index (Phi) is 5.62. The summed E-state index contributed by atoms with van der Waals surface area (Å²) < 4.78 is 18.7. The second-order valence-corrected chi connectivity index (χ2v) is 7.79. The van der Waals surface area contributed by atoms with Crippen LogP contribution in [0.2, 0.25) is 0 Å². The van der Waals surface area contributed by atoms with Crippen LogP contribution < -0.4 is 10.3 Å². The van der Waals surface area contributed by atoms with Gasteiger partial charge in [-0.05, 0) is 32.0 Å². The lowest BCUT2D eigenvalue weighted by Gasteiger charge is -2.33. The number of hydrogen-bond donors (Lipinski definition) is 1. The summed E-state index contributed by atoms with van der Waals surface area (Å²) >= 11 is 0. The predicted molar refractivity (Wildman–Crippen MR) is 105 cm³/mol. The zero-order valence-corrected chi connectivity index (χ0v) is 16.5. The molecule has 7 nitrogen and oxygen atoms in total. The summed E-state index contributed by atoms with van der Waals surface area (Å²) in [5.41, 5.74) is 1.55. The van der Waals surface area contributed by atoms with Gasteiger partial charge in [-0.25, -0.2) is 9.37 Å². The van der Waals surface area contributed by atoms with Crippen LogP contribution in [0.5, 0.6) is 5.75 Å². The number of benzene rings is 1. The fourth-order valence-electron chi connectivity index (χ4n) is 3.99. The van der Waals surface area contributed by atoms with Gasteiger partial charge in [0.1, 0.15) is 17.4 Å². The smallest absolute Gasteiger partial charge is 0.260 e. The summed E-state index contributed by atoms with van der Waals surface area (Å²) in [7, 11) is 1.99. The van der Waals surface area contributed by atoms with Crippen molar-refractivity contribution in [3.63, 3.8) is 0 Å². The van der Waals surface area contributed by atoms with Crippen LogP contribution in [0.1, 0.15) is 35.8 Å². The van der Waals surface area contributed by atoms with E-state index in [1.165, 1.54) is 12.1 Å². The van der Waals surface area contributed by atoms with E-state index in [1.54, 1.807) is 17.0 Å². The van der Waals surface area contributed by atoms with Crippen molar-refractivity contribution in [1.29, 1.82) is 0 Å². The second kappa shape index (κ2) is 8.32. The molecule has 1 N–H and O–H groups in total. The molecule has 2 aromatic rings. The van der Waals surface area contributed by atoms with E-state index < -0.39 is 5.82 Å². The Morgan fingerprint density at radius 1 is 1.38 bits per heavy atom. The quantitative estimate of drug-likeness (QED) is 0.845. The van der Waals surface area contributed by atoms with Crippen molar-refractivity contribution in [2.24, 2.45) is 0 Å². The van der Waals surface area contributed by atoms with Gasteiger partial charge in [0.05, 0.1) is 11.3 Å². The Labute approximate surface area is 168 Å². The first-order valence-electron chi connectivity index (χ1n) is 9.96. The number of nitrogens with one attached hydrogen (secondary N) is 1. The molecule has 1 saturated heterocycles. The van der Waals surface area contributed by atoms with Crippen molar-refractivity contribution in [2.75, 3.05) is 33.3 Å². The summed E-state index contributed by atoms with van der Waals surface area (Å²) in [4.78, 5) is 36.6. The maximum absolute atomic E-state index is 13.2. The van der Waals surface area contributed by atoms with Crippen LogP contribution >= 0.6 is 0 Å². The molecule has 0 radical (unpaired) electrons. The molecule has 1 unspecified atom stereocenters. The summed E-state index contributed by atoms with van der Waals surface area (Å²) in [5, 5.41) is 0. The molecule has 0 aliphatic carbocycles. The molecule has 0 saturated carbocycles. The van der Waals surface area contributed by atoms with Crippen LogP contribution in [-0.4, -0.2) is 59.0 Å². The molecule has 2 aliphatic rings. The van der Waals surface area contributed by atoms with Gasteiger partial charge >= 0.3 is 0 Å². The lowest BCUT2D eigenvalue weighted by molar-refractivity contribution is -0.134. The van der Waals surface area contributed by atoms with Crippen LogP contribution in [0, 0.1) is 5.82 Å². The van der Waals surface area contributed by atoms with Crippen LogP contribution in [-0.2, 0) is 17.8 Å². The van der Waals surface area contributed by atoms with Crippen molar-refractivity contribution in [3.8, 4) is 5.75 Å². The summed E-state index contributed by atoms with van der Waals surface area (Å²) in [5.74, 6) is 0.446.